The van der Waals surface area contributed by atoms with Crippen LogP contribution in [0.5, 0.6) is 11.5 Å². The first-order valence-corrected chi connectivity index (χ1v) is 11.9. The molecule has 186 valence electrons. The van der Waals surface area contributed by atoms with Gasteiger partial charge in [-0.1, -0.05) is 11.6 Å². The normalized spacial score (nSPS) is 15.3. The molecule has 0 amide bonds. The molecule has 0 spiro atoms. The van der Waals surface area contributed by atoms with Gasteiger partial charge >= 0.3 is 0 Å². The van der Waals surface area contributed by atoms with E-state index in [1.54, 1.807) is 25.4 Å². The number of aromatic hydroxyl groups is 1. The summed E-state index contributed by atoms with van der Waals surface area (Å²) in [5, 5.41) is 13.2. The molecule has 2 aromatic heterocycles. The summed E-state index contributed by atoms with van der Waals surface area (Å²) in [4.78, 5) is 13.6. The van der Waals surface area contributed by atoms with Crippen molar-refractivity contribution in [2.45, 2.75) is 13.0 Å². The predicted octanol–water partition coefficient (Wildman–Crippen LogP) is 3.71. The lowest BCUT2D eigenvalue weighted by Gasteiger charge is -2.35. The molecule has 1 saturated heterocycles. The van der Waals surface area contributed by atoms with E-state index in [0.29, 0.717) is 5.75 Å². The molecule has 10 heteroatoms. The zero-order valence-corrected chi connectivity index (χ0v) is 20.6. The number of phenolic OH excluding ortho intramolecular Hbond substituents is 1. The SMILES string of the molecule is CNCCN1CCN(c2ccc(-c3cnc(N)c(OC(C)c4c(O)ccc(F)c4Cl)c3)cn2)CC1. The lowest BCUT2D eigenvalue weighted by atomic mass is 10.1. The molecule has 0 saturated carbocycles. The Kier molecular flexibility index (Phi) is 7.90. The van der Waals surface area contributed by atoms with Gasteiger partial charge in [0.15, 0.2) is 11.6 Å². The number of nitrogen functional groups attached to an aromatic ring is 1. The van der Waals surface area contributed by atoms with Crippen LogP contribution in [0.2, 0.25) is 5.02 Å². The van der Waals surface area contributed by atoms with Crippen molar-refractivity contribution in [1.82, 2.24) is 20.2 Å². The minimum Gasteiger partial charge on any atom is -0.507 e. The number of piperazine rings is 1. The Balaban J connectivity index is 1.47. The van der Waals surface area contributed by atoms with Crippen LogP contribution in [0.25, 0.3) is 11.1 Å². The van der Waals surface area contributed by atoms with Crippen molar-refractivity contribution in [3.05, 3.63) is 59.1 Å². The Morgan fingerprint density at radius 3 is 2.57 bits per heavy atom. The molecular weight excluding hydrogens is 471 g/mol. The first kappa shape index (κ1) is 25.0. The van der Waals surface area contributed by atoms with Gasteiger partial charge in [0.1, 0.15) is 23.5 Å². The number of pyridine rings is 2. The Bertz CT molecular complexity index is 1160. The highest BCUT2D eigenvalue weighted by atomic mass is 35.5. The summed E-state index contributed by atoms with van der Waals surface area (Å²) in [6, 6.07) is 8.09. The first-order valence-electron chi connectivity index (χ1n) is 11.5. The zero-order valence-electron chi connectivity index (χ0n) is 19.8. The summed E-state index contributed by atoms with van der Waals surface area (Å²) in [5.74, 6) is 0.617. The molecule has 4 rings (SSSR count). The molecule has 0 aliphatic carbocycles. The highest BCUT2D eigenvalue weighted by Gasteiger charge is 2.21. The molecule has 1 fully saturated rings. The number of aromatic nitrogens is 2. The Morgan fingerprint density at radius 1 is 1.14 bits per heavy atom. The summed E-state index contributed by atoms with van der Waals surface area (Å²) in [6.07, 6.45) is 2.69. The molecular formula is C25H30ClFN6O2. The number of nitrogens with two attached hydrogens (primary N) is 1. The van der Waals surface area contributed by atoms with Crippen LogP contribution in [0, 0.1) is 5.82 Å². The lowest BCUT2D eigenvalue weighted by molar-refractivity contribution is 0.222. The molecule has 8 nitrogen and oxygen atoms in total. The van der Waals surface area contributed by atoms with Crippen LogP contribution in [-0.4, -0.2) is 66.3 Å². The number of likely N-dealkylation sites (N-methyl/N-ethyl adjacent to an activating group) is 1. The average molecular weight is 501 g/mol. The Morgan fingerprint density at radius 2 is 1.89 bits per heavy atom. The van der Waals surface area contributed by atoms with E-state index in [9.17, 15) is 9.50 Å². The van der Waals surface area contributed by atoms with Crippen LogP contribution in [0.1, 0.15) is 18.6 Å². The van der Waals surface area contributed by atoms with Gasteiger partial charge in [-0.2, -0.15) is 0 Å². The van der Waals surface area contributed by atoms with Crippen molar-refractivity contribution in [1.29, 1.82) is 0 Å². The summed E-state index contributed by atoms with van der Waals surface area (Å²) in [6.45, 7) is 7.59. The van der Waals surface area contributed by atoms with Gasteiger partial charge in [0.05, 0.1) is 10.6 Å². The maximum Gasteiger partial charge on any atom is 0.166 e. The first-order chi connectivity index (χ1) is 16.9. The second kappa shape index (κ2) is 11.1. The molecule has 1 aromatic carbocycles. The van der Waals surface area contributed by atoms with Crippen LogP contribution in [-0.2, 0) is 0 Å². The van der Waals surface area contributed by atoms with E-state index in [-0.39, 0.29) is 22.2 Å². The topological polar surface area (TPSA) is 99.8 Å². The van der Waals surface area contributed by atoms with Crippen LogP contribution in [0.15, 0.2) is 42.7 Å². The summed E-state index contributed by atoms with van der Waals surface area (Å²) < 4.78 is 19.8. The van der Waals surface area contributed by atoms with E-state index in [1.165, 1.54) is 6.07 Å². The Labute approximate surface area is 209 Å². The number of rotatable bonds is 8. The van der Waals surface area contributed by atoms with Crippen molar-refractivity contribution >= 4 is 23.2 Å². The van der Waals surface area contributed by atoms with E-state index in [4.69, 9.17) is 22.1 Å². The van der Waals surface area contributed by atoms with E-state index < -0.39 is 11.9 Å². The third-order valence-corrected chi connectivity index (χ3v) is 6.54. The second-order valence-electron chi connectivity index (χ2n) is 8.50. The number of hydrogen-bond donors (Lipinski definition) is 3. The maximum absolute atomic E-state index is 13.9. The monoisotopic (exact) mass is 500 g/mol. The van der Waals surface area contributed by atoms with Gasteiger partial charge in [-0.25, -0.2) is 14.4 Å². The van der Waals surface area contributed by atoms with Crippen LogP contribution >= 0.6 is 11.6 Å². The summed E-state index contributed by atoms with van der Waals surface area (Å²) in [7, 11) is 1.97. The number of benzene rings is 1. The number of ether oxygens (including phenoxy) is 1. The molecule has 3 heterocycles. The number of anilines is 2. The van der Waals surface area contributed by atoms with Gasteiger partial charge in [0.2, 0.25) is 0 Å². The highest BCUT2D eigenvalue weighted by molar-refractivity contribution is 6.31. The molecule has 3 aromatic rings. The number of nitrogens with zero attached hydrogens (tertiary/aromatic N) is 4. The highest BCUT2D eigenvalue weighted by Crippen LogP contribution is 2.37. The fraction of sp³-hybridized carbons (Fsp3) is 0.360. The maximum atomic E-state index is 13.9. The third-order valence-electron chi connectivity index (χ3n) is 6.16. The molecule has 1 aliphatic rings. The minimum absolute atomic E-state index is 0.147. The number of phenols is 1. The van der Waals surface area contributed by atoms with Crippen molar-refractivity contribution in [2.75, 3.05) is 56.9 Å². The molecule has 0 bridgehead atoms. The molecule has 1 aliphatic heterocycles. The fourth-order valence-electron chi connectivity index (χ4n) is 4.11. The molecule has 35 heavy (non-hydrogen) atoms. The van der Waals surface area contributed by atoms with Gasteiger partial charge in [0, 0.05) is 62.8 Å². The van der Waals surface area contributed by atoms with E-state index >= 15 is 0 Å². The van der Waals surface area contributed by atoms with Crippen LogP contribution in [0.3, 0.4) is 0 Å². The van der Waals surface area contributed by atoms with Crippen molar-refractivity contribution in [2.24, 2.45) is 0 Å². The largest absolute Gasteiger partial charge is 0.507 e. The van der Waals surface area contributed by atoms with E-state index in [2.05, 4.69) is 25.1 Å². The molecule has 4 N–H and O–H groups in total. The fourth-order valence-corrected chi connectivity index (χ4v) is 4.43. The van der Waals surface area contributed by atoms with Crippen molar-refractivity contribution in [3.8, 4) is 22.6 Å². The van der Waals surface area contributed by atoms with Gasteiger partial charge in [-0.05, 0) is 44.3 Å². The number of nitrogens with one attached hydrogen (secondary N) is 1. The van der Waals surface area contributed by atoms with Gasteiger partial charge in [-0.3, -0.25) is 4.90 Å². The smallest absolute Gasteiger partial charge is 0.166 e. The molecule has 1 unspecified atom stereocenters. The third kappa shape index (κ3) is 5.75. The standard InChI is InChI=1S/C25H30ClFN6O2/c1-16(23-20(34)5-4-19(27)24(23)26)35-21-13-18(15-31-25(21)28)17-3-6-22(30-14-17)33-11-9-32(10-12-33)8-7-29-2/h3-6,13-16,29,34H,7-12H2,1-2H3,(H2,28,31). The lowest BCUT2D eigenvalue weighted by Crippen LogP contribution is -2.48. The molecule has 1 atom stereocenters. The minimum atomic E-state index is -0.759. The van der Waals surface area contributed by atoms with Crippen molar-refractivity contribution in [3.63, 3.8) is 0 Å². The quantitative estimate of drug-likeness (QED) is 0.430. The molecule has 0 radical (unpaired) electrons. The average Bonchev–Trinajstić information content (AvgIpc) is 2.87. The predicted molar refractivity (Wildman–Crippen MR) is 137 cm³/mol. The summed E-state index contributed by atoms with van der Waals surface area (Å²) in [5.41, 5.74) is 7.80. The van der Waals surface area contributed by atoms with Gasteiger partial charge in [-0.15, -0.1) is 0 Å². The summed E-state index contributed by atoms with van der Waals surface area (Å²) >= 11 is 6.06. The Hall–Kier alpha value is -3.14. The zero-order chi connectivity index (χ0) is 24.9. The van der Waals surface area contributed by atoms with Gasteiger partial charge in [0.25, 0.3) is 0 Å². The van der Waals surface area contributed by atoms with Crippen molar-refractivity contribution < 1.29 is 14.2 Å². The number of hydrogen-bond acceptors (Lipinski definition) is 8. The number of halogens is 2. The second-order valence-corrected chi connectivity index (χ2v) is 8.88. The van der Waals surface area contributed by atoms with Crippen LogP contribution < -0.4 is 20.7 Å². The van der Waals surface area contributed by atoms with E-state index in [1.807, 2.05) is 19.2 Å². The van der Waals surface area contributed by atoms with E-state index in [0.717, 1.165) is 62.3 Å². The van der Waals surface area contributed by atoms with Gasteiger partial charge < -0.3 is 25.8 Å². The van der Waals surface area contributed by atoms with Crippen LogP contribution in [0.4, 0.5) is 16.0 Å².